The molecule has 24 heavy (non-hydrogen) atoms. The number of rotatable bonds is 6. The van der Waals surface area contributed by atoms with Gasteiger partial charge in [-0.1, -0.05) is 15.9 Å². The van der Waals surface area contributed by atoms with Crippen molar-refractivity contribution in [1.82, 2.24) is 9.80 Å². The van der Waals surface area contributed by atoms with Gasteiger partial charge in [0, 0.05) is 29.7 Å². The highest BCUT2D eigenvalue weighted by atomic mass is 79.9. The van der Waals surface area contributed by atoms with Crippen LogP contribution in [0.2, 0.25) is 0 Å². The van der Waals surface area contributed by atoms with Gasteiger partial charge < -0.3 is 14.9 Å². The molecule has 0 spiro atoms. The molecule has 6 nitrogen and oxygen atoms in total. The predicted octanol–water partition coefficient (Wildman–Crippen LogP) is 2.38. The number of halogens is 1. The third-order valence-corrected chi connectivity index (χ3v) is 4.71. The van der Waals surface area contributed by atoms with Crippen LogP contribution in [-0.2, 0) is 9.59 Å². The van der Waals surface area contributed by atoms with Crippen LogP contribution in [0.5, 0.6) is 0 Å². The Morgan fingerprint density at radius 1 is 1.29 bits per heavy atom. The van der Waals surface area contributed by atoms with Gasteiger partial charge in [0.15, 0.2) is 0 Å². The van der Waals surface area contributed by atoms with E-state index in [0.29, 0.717) is 25.1 Å². The minimum absolute atomic E-state index is 0.0903. The zero-order valence-corrected chi connectivity index (χ0v) is 15.2. The molecule has 130 valence electrons. The van der Waals surface area contributed by atoms with Crippen molar-refractivity contribution < 1.29 is 19.5 Å². The molecule has 2 amide bonds. The lowest BCUT2D eigenvalue weighted by atomic mass is 10.1. The van der Waals surface area contributed by atoms with Gasteiger partial charge in [-0.15, -0.1) is 0 Å². The van der Waals surface area contributed by atoms with Gasteiger partial charge in [0.1, 0.15) is 6.04 Å². The number of benzene rings is 1. The smallest absolute Gasteiger partial charge is 0.305 e. The Morgan fingerprint density at radius 2 is 1.96 bits per heavy atom. The lowest BCUT2D eigenvalue weighted by Gasteiger charge is -2.29. The molecular formula is C17H21BrN2O4. The fourth-order valence-corrected chi connectivity index (χ4v) is 3.15. The van der Waals surface area contributed by atoms with Crippen LogP contribution in [-0.4, -0.2) is 58.4 Å². The van der Waals surface area contributed by atoms with Crippen molar-refractivity contribution in [2.24, 2.45) is 0 Å². The topological polar surface area (TPSA) is 77.9 Å². The molecule has 0 bridgehead atoms. The second-order valence-electron chi connectivity index (χ2n) is 5.73. The predicted molar refractivity (Wildman–Crippen MR) is 92.7 cm³/mol. The van der Waals surface area contributed by atoms with E-state index >= 15 is 0 Å². The summed E-state index contributed by atoms with van der Waals surface area (Å²) < 4.78 is 0.888. The van der Waals surface area contributed by atoms with Gasteiger partial charge in [-0.25, -0.2) is 0 Å². The first-order chi connectivity index (χ1) is 11.4. The SMILES string of the molecule is CCN(CCC(=O)O)C(=O)C1CCCN1C(=O)c1ccc(Br)cc1. The number of carboxylic acids is 1. The van der Waals surface area contributed by atoms with E-state index in [1.165, 1.54) is 4.90 Å². The summed E-state index contributed by atoms with van der Waals surface area (Å²) in [5.74, 6) is -1.26. The van der Waals surface area contributed by atoms with Crippen molar-refractivity contribution >= 4 is 33.7 Å². The molecule has 1 heterocycles. The minimum Gasteiger partial charge on any atom is -0.481 e. The van der Waals surface area contributed by atoms with Crippen LogP contribution in [0.1, 0.15) is 36.5 Å². The van der Waals surface area contributed by atoms with E-state index in [0.717, 1.165) is 10.9 Å². The molecule has 0 saturated carbocycles. The van der Waals surface area contributed by atoms with Crippen LogP contribution in [0, 0.1) is 0 Å². The summed E-state index contributed by atoms with van der Waals surface area (Å²) in [5, 5.41) is 8.81. The highest BCUT2D eigenvalue weighted by Crippen LogP contribution is 2.23. The van der Waals surface area contributed by atoms with E-state index in [9.17, 15) is 14.4 Å². The largest absolute Gasteiger partial charge is 0.481 e. The lowest BCUT2D eigenvalue weighted by molar-refractivity contribution is -0.139. The molecule has 1 aliphatic rings. The molecule has 1 saturated heterocycles. The highest BCUT2D eigenvalue weighted by Gasteiger charge is 2.36. The molecular weight excluding hydrogens is 376 g/mol. The first-order valence-corrected chi connectivity index (χ1v) is 8.80. The van der Waals surface area contributed by atoms with Crippen molar-refractivity contribution in [2.75, 3.05) is 19.6 Å². The summed E-state index contributed by atoms with van der Waals surface area (Å²) in [6.07, 6.45) is 1.30. The molecule has 1 aromatic rings. The molecule has 1 fully saturated rings. The Morgan fingerprint density at radius 3 is 2.54 bits per heavy atom. The van der Waals surface area contributed by atoms with E-state index in [1.54, 1.807) is 29.2 Å². The zero-order valence-electron chi connectivity index (χ0n) is 13.6. The van der Waals surface area contributed by atoms with Crippen LogP contribution in [0.4, 0.5) is 0 Å². The molecule has 1 atom stereocenters. The Kier molecular flexibility index (Phi) is 6.36. The van der Waals surface area contributed by atoms with Gasteiger partial charge in [0.25, 0.3) is 5.91 Å². The number of carboxylic acid groups (broad SMARTS) is 1. The van der Waals surface area contributed by atoms with E-state index in [-0.39, 0.29) is 24.8 Å². The second-order valence-corrected chi connectivity index (χ2v) is 6.64. The van der Waals surface area contributed by atoms with Gasteiger partial charge in [0.05, 0.1) is 6.42 Å². The average molecular weight is 397 g/mol. The van der Waals surface area contributed by atoms with Crippen LogP contribution in [0.15, 0.2) is 28.7 Å². The van der Waals surface area contributed by atoms with Crippen molar-refractivity contribution in [3.63, 3.8) is 0 Å². The molecule has 0 aliphatic carbocycles. The third-order valence-electron chi connectivity index (χ3n) is 4.18. The van der Waals surface area contributed by atoms with Gasteiger partial charge in [-0.3, -0.25) is 14.4 Å². The van der Waals surface area contributed by atoms with Crippen LogP contribution < -0.4 is 0 Å². The number of carbonyl (C=O) groups excluding carboxylic acids is 2. The Hall–Kier alpha value is -1.89. The van der Waals surface area contributed by atoms with Crippen molar-refractivity contribution in [3.05, 3.63) is 34.3 Å². The fraction of sp³-hybridized carbons (Fsp3) is 0.471. The van der Waals surface area contributed by atoms with Crippen molar-refractivity contribution in [2.45, 2.75) is 32.2 Å². The maximum absolute atomic E-state index is 12.7. The molecule has 1 N–H and O–H groups in total. The number of likely N-dealkylation sites (tertiary alicyclic amines) is 1. The molecule has 1 aliphatic heterocycles. The normalized spacial score (nSPS) is 16.9. The Balaban J connectivity index is 2.10. The third kappa shape index (κ3) is 4.35. The number of hydrogen-bond donors (Lipinski definition) is 1. The molecule has 1 unspecified atom stereocenters. The molecule has 1 aromatic carbocycles. The van der Waals surface area contributed by atoms with Gasteiger partial charge in [-0.05, 0) is 44.0 Å². The monoisotopic (exact) mass is 396 g/mol. The summed E-state index contributed by atoms with van der Waals surface area (Å²) in [6.45, 7) is 2.96. The average Bonchev–Trinajstić information content (AvgIpc) is 3.04. The number of carbonyl (C=O) groups is 3. The number of hydrogen-bond acceptors (Lipinski definition) is 3. The highest BCUT2D eigenvalue weighted by molar-refractivity contribution is 9.10. The maximum atomic E-state index is 12.7. The van der Waals surface area contributed by atoms with E-state index in [1.807, 2.05) is 6.92 Å². The van der Waals surface area contributed by atoms with Crippen molar-refractivity contribution in [3.8, 4) is 0 Å². The number of likely N-dealkylation sites (N-methyl/N-ethyl adjacent to an activating group) is 1. The molecule has 2 rings (SSSR count). The van der Waals surface area contributed by atoms with Gasteiger partial charge in [-0.2, -0.15) is 0 Å². The molecule has 0 radical (unpaired) electrons. The Labute approximate surface area is 149 Å². The summed E-state index contributed by atoms with van der Waals surface area (Å²) in [5.41, 5.74) is 0.548. The zero-order chi connectivity index (χ0) is 17.7. The van der Waals surface area contributed by atoms with E-state index < -0.39 is 12.0 Å². The quantitative estimate of drug-likeness (QED) is 0.800. The van der Waals surface area contributed by atoms with Gasteiger partial charge >= 0.3 is 5.97 Å². The first-order valence-electron chi connectivity index (χ1n) is 8.01. The van der Waals surface area contributed by atoms with Crippen LogP contribution in [0.3, 0.4) is 0 Å². The van der Waals surface area contributed by atoms with Crippen molar-refractivity contribution in [1.29, 1.82) is 0 Å². The summed E-state index contributed by atoms with van der Waals surface area (Å²) in [7, 11) is 0. The summed E-state index contributed by atoms with van der Waals surface area (Å²) in [4.78, 5) is 39.3. The number of aliphatic carboxylic acids is 1. The summed E-state index contributed by atoms with van der Waals surface area (Å²) in [6, 6.07) is 6.55. The molecule has 0 aromatic heterocycles. The van der Waals surface area contributed by atoms with Gasteiger partial charge in [0.2, 0.25) is 5.91 Å². The number of amides is 2. The Bertz CT molecular complexity index is 618. The minimum atomic E-state index is -0.935. The van der Waals surface area contributed by atoms with Crippen LogP contribution in [0.25, 0.3) is 0 Å². The summed E-state index contributed by atoms with van der Waals surface area (Å²) >= 11 is 3.34. The standard InChI is InChI=1S/C17H21BrN2O4/c1-2-19(11-9-15(21)22)17(24)14-4-3-10-20(14)16(23)12-5-7-13(18)8-6-12/h5-8,14H,2-4,9-11H2,1H3,(H,21,22). The van der Waals surface area contributed by atoms with Crippen LogP contribution >= 0.6 is 15.9 Å². The van der Waals surface area contributed by atoms with E-state index in [2.05, 4.69) is 15.9 Å². The number of nitrogens with zero attached hydrogens (tertiary/aromatic N) is 2. The molecule has 7 heteroatoms. The second kappa shape index (κ2) is 8.28. The fourth-order valence-electron chi connectivity index (χ4n) is 2.89. The van der Waals surface area contributed by atoms with E-state index in [4.69, 9.17) is 5.11 Å². The lowest BCUT2D eigenvalue weighted by Crippen LogP contribution is -2.48. The maximum Gasteiger partial charge on any atom is 0.305 e. The first kappa shape index (κ1) is 18.4.